The summed E-state index contributed by atoms with van der Waals surface area (Å²) in [5.41, 5.74) is 0. The van der Waals surface area contributed by atoms with E-state index in [0.717, 1.165) is 50.4 Å². The minimum Gasteiger partial charge on any atom is -0.383 e. The Morgan fingerprint density at radius 1 is 1.40 bits per heavy atom. The molecule has 1 aliphatic rings. The Hall–Kier alpha value is -0.460. The summed E-state index contributed by atoms with van der Waals surface area (Å²) in [5, 5.41) is 7.55. The number of rotatable bonds is 9. The fourth-order valence-electron chi connectivity index (χ4n) is 2.15. The molecule has 20 heavy (non-hydrogen) atoms. The first-order valence-corrected chi connectivity index (χ1v) is 8.54. The topological polar surface area (TPSA) is 48.9 Å². The molecular weight excluding hydrogens is 272 g/mol. The molecule has 1 heterocycles. The first-order chi connectivity index (χ1) is 9.76. The van der Waals surface area contributed by atoms with Gasteiger partial charge in [0.05, 0.1) is 6.61 Å². The number of hydrogen-bond donors (Lipinski definition) is 2. The molecule has 1 fully saturated rings. The van der Waals surface area contributed by atoms with Gasteiger partial charge >= 0.3 is 0 Å². The van der Waals surface area contributed by atoms with Crippen molar-refractivity contribution in [1.82, 2.24) is 15.5 Å². The number of hydrogen-bond acceptors (Lipinski definition) is 4. The van der Waals surface area contributed by atoms with Gasteiger partial charge in [0.1, 0.15) is 0 Å². The Morgan fingerprint density at radius 3 is 2.90 bits per heavy atom. The zero-order valence-corrected chi connectivity index (χ0v) is 14.0. The van der Waals surface area contributed by atoms with Gasteiger partial charge < -0.3 is 20.3 Å². The second-order valence-corrected chi connectivity index (χ2v) is 6.57. The normalized spacial score (nSPS) is 19.6. The van der Waals surface area contributed by atoms with Gasteiger partial charge in [-0.3, -0.25) is 4.99 Å². The van der Waals surface area contributed by atoms with E-state index in [4.69, 9.17) is 4.74 Å². The van der Waals surface area contributed by atoms with Gasteiger partial charge in [0.2, 0.25) is 0 Å². The van der Waals surface area contributed by atoms with Gasteiger partial charge in [0, 0.05) is 39.0 Å². The Labute approximate surface area is 127 Å². The Bertz CT molecular complexity index is 270. The molecule has 1 unspecified atom stereocenters. The molecule has 1 atom stereocenters. The molecule has 0 aromatic heterocycles. The van der Waals surface area contributed by atoms with E-state index in [1.165, 1.54) is 18.6 Å². The number of aliphatic imine (C=N–C) groups is 1. The van der Waals surface area contributed by atoms with E-state index in [-0.39, 0.29) is 0 Å². The van der Waals surface area contributed by atoms with Gasteiger partial charge in [-0.25, -0.2) is 0 Å². The highest BCUT2D eigenvalue weighted by molar-refractivity contribution is 8.00. The summed E-state index contributed by atoms with van der Waals surface area (Å²) < 4.78 is 5.07. The van der Waals surface area contributed by atoms with E-state index < -0.39 is 0 Å². The molecule has 1 aliphatic heterocycles. The molecule has 0 spiro atoms. The fraction of sp³-hybridized carbons (Fsp3) is 0.929. The zero-order valence-electron chi connectivity index (χ0n) is 13.2. The molecule has 0 saturated carbocycles. The molecule has 5 nitrogen and oxygen atoms in total. The van der Waals surface area contributed by atoms with E-state index in [9.17, 15) is 0 Å². The van der Waals surface area contributed by atoms with Crippen LogP contribution in [0.15, 0.2) is 4.99 Å². The van der Waals surface area contributed by atoms with E-state index >= 15 is 0 Å². The maximum absolute atomic E-state index is 5.07. The molecule has 6 heteroatoms. The summed E-state index contributed by atoms with van der Waals surface area (Å²) in [6, 6.07) is 0. The summed E-state index contributed by atoms with van der Waals surface area (Å²) in [7, 11) is 5.71. The van der Waals surface area contributed by atoms with Crippen LogP contribution in [0.2, 0.25) is 0 Å². The van der Waals surface area contributed by atoms with E-state index in [2.05, 4.69) is 39.3 Å². The summed E-state index contributed by atoms with van der Waals surface area (Å²) >= 11 is 2.07. The van der Waals surface area contributed by atoms with Gasteiger partial charge in [-0.05, 0) is 38.6 Å². The minimum absolute atomic E-state index is 0.758. The SMILES string of the molecule is CN=C(NCCCN(C)CCOC)NCC1CCCS1. The van der Waals surface area contributed by atoms with Crippen molar-refractivity contribution in [3.05, 3.63) is 0 Å². The summed E-state index contributed by atoms with van der Waals surface area (Å²) in [4.78, 5) is 6.56. The maximum Gasteiger partial charge on any atom is 0.191 e. The molecule has 0 amide bonds. The number of guanidine groups is 1. The summed E-state index contributed by atoms with van der Waals surface area (Å²) in [6.07, 6.45) is 3.80. The van der Waals surface area contributed by atoms with Crippen LogP contribution < -0.4 is 10.6 Å². The number of methoxy groups -OCH3 is 1. The number of nitrogens with zero attached hydrogens (tertiary/aromatic N) is 2. The van der Waals surface area contributed by atoms with Crippen LogP contribution in [0.1, 0.15) is 19.3 Å². The van der Waals surface area contributed by atoms with Crippen molar-refractivity contribution in [3.8, 4) is 0 Å². The molecule has 0 bridgehead atoms. The van der Waals surface area contributed by atoms with E-state index in [1.807, 2.05) is 7.05 Å². The van der Waals surface area contributed by atoms with Crippen LogP contribution in [0.3, 0.4) is 0 Å². The minimum atomic E-state index is 0.758. The molecule has 1 rings (SSSR count). The van der Waals surface area contributed by atoms with Gasteiger partial charge in [-0.1, -0.05) is 0 Å². The first-order valence-electron chi connectivity index (χ1n) is 7.50. The molecule has 0 aliphatic carbocycles. The predicted octanol–water partition coefficient (Wildman–Crippen LogP) is 1.02. The number of thioether (sulfide) groups is 1. The average Bonchev–Trinajstić information content (AvgIpc) is 2.97. The van der Waals surface area contributed by atoms with Crippen molar-refractivity contribution in [1.29, 1.82) is 0 Å². The highest BCUT2D eigenvalue weighted by Gasteiger charge is 2.15. The molecular formula is C14H30N4OS. The lowest BCUT2D eigenvalue weighted by molar-refractivity contribution is 0.161. The van der Waals surface area contributed by atoms with E-state index in [1.54, 1.807) is 7.11 Å². The van der Waals surface area contributed by atoms with Crippen LogP contribution in [0.5, 0.6) is 0 Å². The fourth-order valence-corrected chi connectivity index (χ4v) is 3.35. The second-order valence-electron chi connectivity index (χ2n) is 5.16. The molecule has 0 aromatic rings. The van der Waals surface area contributed by atoms with Crippen LogP contribution in [-0.2, 0) is 4.74 Å². The van der Waals surface area contributed by atoms with Gasteiger partial charge in [-0.2, -0.15) is 11.8 Å². The number of ether oxygens (including phenoxy) is 1. The smallest absolute Gasteiger partial charge is 0.191 e. The first kappa shape index (κ1) is 17.6. The van der Waals surface area contributed by atoms with Crippen molar-refractivity contribution in [2.45, 2.75) is 24.5 Å². The Morgan fingerprint density at radius 2 is 2.25 bits per heavy atom. The molecule has 0 aromatic carbocycles. The van der Waals surface area contributed by atoms with Gasteiger partial charge in [0.25, 0.3) is 0 Å². The van der Waals surface area contributed by atoms with Crippen LogP contribution >= 0.6 is 11.8 Å². The Balaban J connectivity index is 2.03. The quantitative estimate of drug-likeness (QED) is 0.378. The highest BCUT2D eigenvalue weighted by atomic mass is 32.2. The monoisotopic (exact) mass is 302 g/mol. The van der Waals surface area contributed by atoms with Crippen molar-refractivity contribution >= 4 is 17.7 Å². The van der Waals surface area contributed by atoms with Crippen LogP contribution in [0.4, 0.5) is 0 Å². The lowest BCUT2D eigenvalue weighted by Crippen LogP contribution is -2.41. The second kappa shape index (κ2) is 11.2. The number of likely N-dealkylation sites (N-methyl/N-ethyl adjacent to an activating group) is 1. The highest BCUT2D eigenvalue weighted by Crippen LogP contribution is 2.25. The lowest BCUT2D eigenvalue weighted by Gasteiger charge is -2.17. The molecule has 2 N–H and O–H groups in total. The van der Waals surface area contributed by atoms with Crippen LogP contribution in [0, 0.1) is 0 Å². The third kappa shape index (κ3) is 7.97. The Kier molecular flexibility index (Phi) is 9.87. The number of nitrogens with one attached hydrogen (secondary N) is 2. The third-order valence-corrected chi connectivity index (χ3v) is 4.83. The summed E-state index contributed by atoms with van der Waals surface area (Å²) in [5.74, 6) is 2.24. The molecule has 0 radical (unpaired) electrons. The van der Waals surface area contributed by atoms with Crippen molar-refractivity contribution in [3.63, 3.8) is 0 Å². The standard InChI is InChI=1S/C14H30N4OS/c1-15-14(17-12-13-6-4-11-20-13)16-7-5-8-18(2)9-10-19-3/h13H,4-12H2,1-3H3,(H2,15,16,17). The van der Waals surface area contributed by atoms with Crippen molar-refractivity contribution in [2.24, 2.45) is 4.99 Å². The summed E-state index contributed by atoms with van der Waals surface area (Å²) in [6.45, 7) is 4.84. The van der Waals surface area contributed by atoms with E-state index in [0.29, 0.717) is 0 Å². The van der Waals surface area contributed by atoms with Gasteiger partial charge in [-0.15, -0.1) is 0 Å². The third-order valence-electron chi connectivity index (χ3n) is 3.43. The van der Waals surface area contributed by atoms with Crippen molar-refractivity contribution < 1.29 is 4.74 Å². The van der Waals surface area contributed by atoms with Crippen molar-refractivity contribution in [2.75, 3.05) is 59.7 Å². The lowest BCUT2D eigenvalue weighted by atomic mass is 10.2. The van der Waals surface area contributed by atoms with Crippen LogP contribution in [-0.4, -0.2) is 75.9 Å². The zero-order chi connectivity index (χ0) is 14.6. The average molecular weight is 302 g/mol. The maximum atomic E-state index is 5.07. The predicted molar refractivity (Wildman–Crippen MR) is 88.8 cm³/mol. The molecule has 118 valence electrons. The largest absolute Gasteiger partial charge is 0.383 e. The molecule has 1 saturated heterocycles. The van der Waals surface area contributed by atoms with Gasteiger partial charge in [0.15, 0.2) is 5.96 Å². The van der Waals surface area contributed by atoms with Crippen LogP contribution in [0.25, 0.3) is 0 Å².